The summed E-state index contributed by atoms with van der Waals surface area (Å²) in [5, 5.41) is 4.82. The number of amides is 1. The molecule has 6 nitrogen and oxygen atoms in total. The third-order valence-electron chi connectivity index (χ3n) is 4.95. The number of aromatic amines is 1. The number of hydrogen-bond donors (Lipinski definition) is 2. The second kappa shape index (κ2) is 7.23. The summed E-state index contributed by atoms with van der Waals surface area (Å²) >= 11 is 0. The number of aromatic nitrogens is 2. The van der Waals surface area contributed by atoms with Gasteiger partial charge in [0.15, 0.2) is 0 Å². The van der Waals surface area contributed by atoms with Crippen LogP contribution >= 0.6 is 0 Å². The van der Waals surface area contributed by atoms with Gasteiger partial charge in [0.1, 0.15) is 5.75 Å². The molecule has 0 atom stereocenters. The minimum atomic E-state index is -0.210. The smallest absolute Gasteiger partial charge is 0.253 e. The van der Waals surface area contributed by atoms with Crippen LogP contribution in [0.2, 0.25) is 0 Å². The number of ether oxygens (including phenoxy) is 1. The lowest BCUT2D eigenvalue weighted by Gasteiger charge is -2.05. The summed E-state index contributed by atoms with van der Waals surface area (Å²) in [7, 11) is 1.57. The Morgan fingerprint density at radius 1 is 1.14 bits per heavy atom. The summed E-state index contributed by atoms with van der Waals surface area (Å²) in [6, 6.07) is 13.4. The number of carbonyl (C=O) groups excluding carboxylic acids is 2. The molecule has 0 aliphatic rings. The Morgan fingerprint density at radius 2 is 1.96 bits per heavy atom. The fourth-order valence-corrected chi connectivity index (χ4v) is 3.52. The van der Waals surface area contributed by atoms with E-state index in [-0.39, 0.29) is 11.8 Å². The van der Waals surface area contributed by atoms with Crippen molar-refractivity contribution in [3.63, 3.8) is 0 Å². The van der Waals surface area contributed by atoms with Gasteiger partial charge in [-0.15, -0.1) is 0 Å². The first kappa shape index (κ1) is 17.9. The van der Waals surface area contributed by atoms with E-state index in [1.165, 1.54) is 11.5 Å². The molecule has 1 amide bonds. The van der Waals surface area contributed by atoms with Crippen molar-refractivity contribution in [2.45, 2.75) is 13.3 Å². The first-order valence-electron chi connectivity index (χ1n) is 9.11. The fourth-order valence-electron chi connectivity index (χ4n) is 3.52. The van der Waals surface area contributed by atoms with Crippen LogP contribution in [0.5, 0.6) is 5.75 Å². The van der Waals surface area contributed by atoms with Crippen LogP contribution in [0.25, 0.3) is 21.8 Å². The number of nitrogens with one attached hydrogen (secondary N) is 2. The standard InChI is InChI=1S/C22H21N3O3/c1-14(26)25-13-19(18-11-16(28-2)7-8-21(18)25)22(27)23-10-9-15-12-24-20-6-4-3-5-17(15)20/h3-8,11-13,24H,9-10H2,1-2H3,(H,23,27). The molecule has 0 fully saturated rings. The molecule has 0 saturated carbocycles. The van der Waals surface area contributed by atoms with E-state index < -0.39 is 0 Å². The van der Waals surface area contributed by atoms with Gasteiger partial charge in [-0.1, -0.05) is 18.2 Å². The molecule has 6 heteroatoms. The van der Waals surface area contributed by atoms with Crippen LogP contribution in [-0.2, 0) is 6.42 Å². The molecule has 2 heterocycles. The van der Waals surface area contributed by atoms with Crippen molar-refractivity contribution >= 4 is 33.6 Å². The van der Waals surface area contributed by atoms with E-state index in [0.29, 0.717) is 35.2 Å². The predicted octanol–water partition coefficient (Wildman–Crippen LogP) is 3.76. The Bertz CT molecular complexity index is 1190. The van der Waals surface area contributed by atoms with Crippen LogP contribution in [0.15, 0.2) is 54.9 Å². The second-order valence-corrected chi connectivity index (χ2v) is 6.68. The Kier molecular flexibility index (Phi) is 4.61. The van der Waals surface area contributed by atoms with E-state index in [2.05, 4.69) is 16.4 Å². The van der Waals surface area contributed by atoms with E-state index in [4.69, 9.17) is 4.74 Å². The molecule has 0 aliphatic carbocycles. The third kappa shape index (κ3) is 3.13. The minimum Gasteiger partial charge on any atom is -0.497 e. The lowest BCUT2D eigenvalue weighted by Crippen LogP contribution is -2.25. The molecule has 142 valence electrons. The van der Waals surface area contributed by atoms with Crippen molar-refractivity contribution in [3.8, 4) is 5.75 Å². The zero-order valence-corrected chi connectivity index (χ0v) is 15.8. The summed E-state index contributed by atoms with van der Waals surface area (Å²) in [4.78, 5) is 28.0. The Hall–Kier alpha value is -3.54. The molecule has 28 heavy (non-hydrogen) atoms. The maximum atomic E-state index is 12.8. The summed E-state index contributed by atoms with van der Waals surface area (Å²) in [5.74, 6) is 0.285. The quantitative estimate of drug-likeness (QED) is 0.558. The Labute approximate surface area is 162 Å². The molecule has 4 aromatic rings. The predicted molar refractivity (Wildman–Crippen MR) is 109 cm³/mol. The molecule has 0 unspecified atom stereocenters. The van der Waals surface area contributed by atoms with Crippen LogP contribution in [0.3, 0.4) is 0 Å². The van der Waals surface area contributed by atoms with Crippen molar-refractivity contribution in [2.75, 3.05) is 13.7 Å². The first-order valence-corrected chi connectivity index (χ1v) is 9.11. The van der Waals surface area contributed by atoms with Crippen LogP contribution in [0.4, 0.5) is 0 Å². The molecule has 0 aliphatic heterocycles. The van der Waals surface area contributed by atoms with Gasteiger partial charge in [0.2, 0.25) is 5.91 Å². The molecule has 0 saturated heterocycles. The van der Waals surface area contributed by atoms with Gasteiger partial charge < -0.3 is 15.0 Å². The molecule has 0 radical (unpaired) electrons. The average molecular weight is 375 g/mol. The molecular formula is C22H21N3O3. The number of fused-ring (bicyclic) bond motifs is 2. The average Bonchev–Trinajstić information content (AvgIpc) is 3.29. The topological polar surface area (TPSA) is 76.1 Å². The van der Waals surface area contributed by atoms with E-state index in [1.807, 2.05) is 24.4 Å². The molecule has 4 rings (SSSR count). The summed E-state index contributed by atoms with van der Waals surface area (Å²) < 4.78 is 6.76. The number of nitrogens with zero attached hydrogens (tertiary/aromatic N) is 1. The maximum Gasteiger partial charge on any atom is 0.253 e. The van der Waals surface area contributed by atoms with Crippen molar-refractivity contribution in [3.05, 3.63) is 66.0 Å². The van der Waals surface area contributed by atoms with Gasteiger partial charge in [0, 0.05) is 42.2 Å². The van der Waals surface area contributed by atoms with Gasteiger partial charge >= 0.3 is 0 Å². The number of benzene rings is 2. The largest absolute Gasteiger partial charge is 0.497 e. The normalized spacial score (nSPS) is 11.1. The van der Waals surface area contributed by atoms with Crippen LogP contribution in [-0.4, -0.2) is 35.0 Å². The number of hydrogen-bond acceptors (Lipinski definition) is 3. The van der Waals surface area contributed by atoms with E-state index in [1.54, 1.807) is 31.5 Å². The highest BCUT2D eigenvalue weighted by atomic mass is 16.5. The van der Waals surface area contributed by atoms with Crippen molar-refractivity contribution < 1.29 is 14.3 Å². The molecule has 2 aromatic carbocycles. The highest BCUT2D eigenvalue weighted by molar-refractivity contribution is 6.09. The zero-order chi connectivity index (χ0) is 19.7. The number of H-pyrrole nitrogens is 1. The van der Waals surface area contributed by atoms with Gasteiger partial charge in [-0.25, -0.2) is 0 Å². The van der Waals surface area contributed by atoms with Crippen molar-refractivity contribution in [2.24, 2.45) is 0 Å². The summed E-state index contributed by atoms with van der Waals surface area (Å²) in [6.45, 7) is 1.97. The van der Waals surface area contributed by atoms with Crippen molar-refractivity contribution in [1.29, 1.82) is 0 Å². The van der Waals surface area contributed by atoms with Gasteiger partial charge in [-0.2, -0.15) is 0 Å². The Balaban J connectivity index is 1.56. The fraction of sp³-hybridized carbons (Fsp3) is 0.182. The highest BCUT2D eigenvalue weighted by Gasteiger charge is 2.17. The summed E-state index contributed by atoms with van der Waals surface area (Å²) in [5.41, 5.74) is 3.39. The van der Waals surface area contributed by atoms with Gasteiger partial charge in [-0.05, 0) is 36.2 Å². The number of methoxy groups -OCH3 is 1. The van der Waals surface area contributed by atoms with Crippen LogP contribution < -0.4 is 10.1 Å². The van der Waals surface area contributed by atoms with Crippen LogP contribution in [0.1, 0.15) is 27.6 Å². The molecule has 2 N–H and O–H groups in total. The van der Waals surface area contributed by atoms with E-state index in [9.17, 15) is 9.59 Å². The maximum absolute atomic E-state index is 12.8. The third-order valence-corrected chi connectivity index (χ3v) is 4.95. The first-order chi connectivity index (χ1) is 13.6. The highest BCUT2D eigenvalue weighted by Crippen LogP contribution is 2.26. The summed E-state index contributed by atoms with van der Waals surface area (Å²) in [6.07, 6.45) is 4.28. The molecule has 2 aromatic heterocycles. The van der Waals surface area contributed by atoms with Crippen molar-refractivity contribution in [1.82, 2.24) is 14.9 Å². The number of para-hydroxylation sites is 1. The lowest BCUT2D eigenvalue weighted by molar-refractivity contribution is 0.0941. The monoisotopic (exact) mass is 375 g/mol. The van der Waals surface area contributed by atoms with E-state index >= 15 is 0 Å². The zero-order valence-electron chi connectivity index (χ0n) is 15.8. The van der Waals surface area contributed by atoms with Gasteiger partial charge in [0.25, 0.3) is 5.91 Å². The number of carbonyl (C=O) groups is 2. The molecule has 0 bridgehead atoms. The molecular weight excluding hydrogens is 354 g/mol. The molecule has 0 spiro atoms. The second-order valence-electron chi connectivity index (χ2n) is 6.68. The lowest BCUT2D eigenvalue weighted by atomic mass is 10.1. The Morgan fingerprint density at radius 3 is 2.75 bits per heavy atom. The van der Waals surface area contributed by atoms with Crippen LogP contribution in [0, 0.1) is 0 Å². The minimum absolute atomic E-state index is 0.145. The van der Waals surface area contributed by atoms with Gasteiger partial charge in [0.05, 0.1) is 18.2 Å². The SMILES string of the molecule is COc1ccc2c(c1)c(C(=O)NCCc1c[nH]c3ccccc13)cn2C(C)=O. The van der Waals surface area contributed by atoms with Gasteiger partial charge in [-0.3, -0.25) is 14.2 Å². The van der Waals surface area contributed by atoms with E-state index in [0.717, 1.165) is 16.5 Å². The number of rotatable bonds is 5.